The number of halogens is 1. The Kier molecular flexibility index (Phi) is 6.17. The largest absolute Gasteiger partial charge is 0.465 e. The normalized spacial score (nSPS) is 10.0. The minimum absolute atomic E-state index is 0.0797. The summed E-state index contributed by atoms with van der Waals surface area (Å²) in [6, 6.07) is 14.4. The number of hydrogen-bond donors (Lipinski definition) is 2. The van der Waals surface area contributed by atoms with E-state index < -0.39 is 0 Å². The maximum atomic E-state index is 11.9. The fraction of sp³-hybridized carbons (Fsp3) is 0.176. The molecule has 2 aromatic carbocycles. The second-order valence-electron chi connectivity index (χ2n) is 4.80. The lowest BCUT2D eigenvalue weighted by Gasteiger charge is -2.08. The van der Waals surface area contributed by atoms with E-state index in [1.165, 1.54) is 7.11 Å². The first-order chi connectivity index (χ1) is 11.1. The molecule has 0 spiro atoms. The van der Waals surface area contributed by atoms with E-state index in [1.807, 2.05) is 30.3 Å². The Bertz CT molecular complexity index is 686. The fourth-order valence-corrected chi connectivity index (χ4v) is 2.22. The third-order valence-corrected chi connectivity index (χ3v) is 3.62. The topological polar surface area (TPSA) is 67.4 Å². The summed E-state index contributed by atoms with van der Waals surface area (Å²) in [5.74, 6) is -0.467. The third kappa shape index (κ3) is 5.41. The highest BCUT2D eigenvalue weighted by Crippen LogP contribution is 2.14. The van der Waals surface area contributed by atoms with Crippen LogP contribution in [0.1, 0.15) is 16.8 Å². The van der Waals surface area contributed by atoms with Crippen molar-refractivity contribution < 1.29 is 14.3 Å². The SMILES string of the molecule is COC(=O)c1cccc(NCCC(=O)Nc2ccc(Br)cc2)c1. The van der Waals surface area contributed by atoms with Crippen LogP contribution in [0.2, 0.25) is 0 Å². The highest BCUT2D eigenvalue weighted by molar-refractivity contribution is 9.10. The number of carbonyl (C=O) groups excluding carboxylic acids is 2. The van der Waals surface area contributed by atoms with E-state index in [1.54, 1.807) is 18.2 Å². The van der Waals surface area contributed by atoms with Crippen LogP contribution in [0.4, 0.5) is 11.4 Å². The zero-order valence-electron chi connectivity index (χ0n) is 12.6. The van der Waals surface area contributed by atoms with Crippen LogP contribution in [0.15, 0.2) is 53.0 Å². The molecule has 0 saturated heterocycles. The van der Waals surface area contributed by atoms with Gasteiger partial charge in [0, 0.05) is 28.8 Å². The van der Waals surface area contributed by atoms with E-state index in [0.717, 1.165) is 15.8 Å². The molecule has 0 saturated carbocycles. The van der Waals surface area contributed by atoms with Crippen molar-refractivity contribution in [1.82, 2.24) is 0 Å². The lowest BCUT2D eigenvalue weighted by molar-refractivity contribution is -0.115. The predicted molar refractivity (Wildman–Crippen MR) is 93.7 cm³/mol. The molecular formula is C17H17BrN2O3. The van der Waals surface area contributed by atoms with Gasteiger partial charge in [-0.3, -0.25) is 4.79 Å². The van der Waals surface area contributed by atoms with Gasteiger partial charge in [-0.05, 0) is 42.5 Å². The van der Waals surface area contributed by atoms with Crippen molar-refractivity contribution in [3.63, 3.8) is 0 Å². The monoisotopic (exact) mass is 376 g/mol. The number of carbonyl (C=O) groups is 2. The molecule has 0 unspecified atom stereocenters. The summed E-state index contributed by atoms with van der Waals surface area (Å²) in [6.07, 6.45) is 0.318. The summed E-state index contributed by atoms with van der Waals surface area (Å²) in [5.41, 5.74) is 1.99. The minimum atomic E-state index is -0.387. The summed E-state index contributed by atoms with van der Waals surface area (Å²) in [6.45, 7) is 0.465. The summed E-state index contributed by atoms with van der Waals surface area (Å²) < 4.78 is 5.64. The minimum Gasteiger partial charge on any atom is -0.465 e. The van der Waals surface area contributed by atoms with Gasteiger partial charge in [-0.25, -0.2) is 4.79 Å². The molecule has 0 atom stereocenters. The second-order valence-corrected chi connectivity index (χ2v) is 5.72. The van der Waals surface area contributed by atoms with E-state index in [2.05, 4.69) is 31.3 Å². The Labute approximate surface area is 143 Å². The number of esters is 1. The van der Waals surface area contributed by atoms with Gasteiger partial charge in [-0.15, -0.1) is 0 Å². The van der Waals surface area contributed by atoms with E-state index in [-0.39, 0.29) is 11.9 Å². The molecule has 0 fully saturated rings. The molecule has 0 aliphatic rings. The second kappa shape index (κ2) is 8.33. The van der Waals surface area contributed by atoms with Gasteiger partial charge in [0.05, 0.1) is 12.7 Å². The van der Waals surface area contributed by atoms with Gasteiger partial charge >= 0.3 is 5.97 Å². The number of benzene rings is 2. The Morgan fingerprint density at radius 1 is 1.09 bits per heavy atom. The summed E-state index contributed by atoms with van der Waals surface area (Å²) in [7, 11) is 1.34. The van der Waals surface area contributed by atoms with Gasteiger partial charge < -0.3 is 15.4 Å². The molecule has 120 valence electrons. The number of rotatable bonds is 6. The summed E-state index contributed by atoms with van der Waals surface area (Å²) in [5, 5.41) is 5.93. The first-order valence-electron chi connectivity index (χ1n) is 7.06. The van der Waals surface area contributed by atoms with Crippen LogP contribution in [0.3, 0.4) is 0 Å². The van der Waals surface area contributed by atoms with Gasteiger partial charge in [0.15, 0.2) is 0 Å². The molecule has 0 aromatic heterocycles. The standard InChI is InChI=1S/C17H17BrN2O3/c1-23-17(22)12-3-2-4-15(11-12)19-10-9-16(21)20-14-7-5-13(18)6-8-14/h2-8,11,19H,9-10H2,1H3,(H,20,21). The Morgan fingerprint density at radius 2 is 1.83 bits per heavy atom. The summed E-state index contributed by atoms with van der Waals surface area (Å²) >= 11 is 3.34. The molecule has 0 radical (unpaired) electrons. The number of hydrogen-bond acceptors (Lipinski definition) is 4. The average Bonchev–Trinajstić information content (AvgIpc) is 2.56. The van der Waals surface area contributed by atoms with Crippen molar-refractivity contribution in [3.05, 3.63) is 58.6 Å². The van der Waals surface area contributed by atoms with Gasteiger partial charge in [0.25, 0.3) is 0 Å². The maximum Gasteiger partial charge on any atom is 0.337 e. The van der Waals surface area contributed by atoms with Crippen LogP contribution in [-0.2, 0) is 9.53 Å². The summed E-state index contributed by atoms with van der Waals surface area (Å²) in [4.78, 5) is 23.3. The molecule has 0 bridgehead atoms. The lowest BCUT2D eigenvalue weighted by Crippen LogP contribution is -2.16. The van der Waals surface area contributed by atoms with Crippen LogP contribution in [-0.4, -0.2) is 25.5 Å². The number of nitrogens with one attached hydrogen (secondary N) is 2. The average molecular weight is 377 g/mol. The van der Waals surface area contributed by atoms with Crippen molar-refractivity contribution in [2.45, 2.75) is 6.42 Å². The van der Waals surface area contributed by atoms with Gasteiger partial charge in [0.1, 0.15) is 0 Å². The van der Waals surface area contributed by atoms with Crippen molar-refractivity contribution in [2.75, 3.05) is 24.3 Å². The van der Waals surface area contributed by atoms with Crippen LogP contribution in [0.25, 0.3) is 0 Å². The maximum absolute atomic E-state index is 11.9. The molecule has 0 aliphatic carbocycles. The van der Waals surface area contributed by atoms with Crippen LogP contribution in [0, 0.1) is 0 Å². The number of anilines is 2. The van der Waals surface area contributed by atoms with E-state index in [9.17, 15) is 9.59 Å². The highest BCUT2D eigenvalue weighted by Gasteiger charge is 2.06. The fourth-order valence-electron chi connectivity index (χ4n) is 1.95. The van der Waals surface area contributed by atoms with E-state index >= 15 is 0 Å². The smallest absolute Gasteiger partial charge is 0.337 e. The highest BCUT2D eigenvalue weighted by atomic mass is 79.9. The van der Waals surface area contributed by atoms with Crippen LogP contribution in [0.5, 0.6) is 0 Å². The van der Waals surface area contributed by atoms with Crippen LogP contribution < -0.4 is 10.6 Å². The van der Waals surface area contributed by atoms with E-state index in [4.69, 9.17) is 0 Å². The zero-order chi connectivity index (χ0) is 16.7. The zero-order valence-corrected chi connectivity index (χ0v) is 14.2. The molecule has 23 heavy (non-hydrogen) atoms. The van der Waals surface area contributed by atoms with Crippen molar-refractivity contribution in [2.24, 2.45) is 0 Å². The quantitative estimate of drug-likeness (QED) is 0.754. The molecule has 2 N–H and O–H groups in total. The van der Waals surface area contributed by atoms with Gasteiger partial charge in [0.2, 0.25) is 5.91 Å². The first-order valence-corrected chi connectivity index (χ1v) is 7.85. The Morgan fingerprint density at radius 3 is 2.52 bits per heavy atom. The van der Waals surface area contributed by atoms with Gasteiger partial charge in [-0.2, -0.15) is 0 Å². The molecule has 0 aliphatic heterocycles. The molecule has 0 heterocycles. The number of methoxy groups -OCH3 is 1. The number of amides is 1. The van der Waals surface area contributed by atoms with Crippen molar-refractivity contribution in [3.8, 4) is 0 Å². The first kappa shape index (κ1) is 17.0. The van der Waals surface area contributed by atoms with Crippen LogP contribution >= 0.6 is 15.9 Å². The molecule has 5 nitrogen and oxygen atoms in total. The number of ether oxygens (including phenoxy) is 1. The third-order valence-electron chi connectivity index (χ3n) is 3.09. The molecule has 6 heteroatoms. The Balaban J connectivity index is 1.81. The lowest BCUT2D eigenvalue weighted by atomic mass is 10.2. The molecule has 1 amide bonds. The van der Waals surface area contributed by atoms with Crippen molar-refractivity contribution in [1.29, 1.82) is 0 Å². The predicted octanol–water partition coefficient (Wildman–Crippen LogP) is 3.68. The molecule has 2 aromatic rings. The van der Waals surface area contributed by atoms with Crippen molar-refractivity contribution >= 4 is 39.2 Å². The molecule has 2 rings (SSSR count). The van der Waals surface area contributed by atoms with Gasteiger partial charge in [-0.1, -0.05) is 22.0 Å². The molecular weight excluding hydrogens is 360 g/mol. The Hall–Kier alpha value is -2.34. The van der Waals surface area contributed by atoms with E-state index in [0.29, 0.717) is 18.5 Å².